The summed E-state index contributed by atoms with van der Waals surface area (Å²) in [5, 5.41) is 0. The van der Waals surface area contributed by atoms with Crippen LogP contribution in [0.1, 0.15) is 50.7 Å². The fraction of sp³-hybridized carbons (Fsp3) is 0.250. The zero-order chi connectivity index (χ0) is 19.1. The predicted molar refractivity (Wildman–Crippen MR) is 124 cm³/mol. The number of fused-ring (bicyclic) bond motifs is 2. The van der Waals surface area contributed by atoms with Gasteiger partial charge in [-0.15, -0.1) is 0 Å². The van der Waals surface area contributed by atoms with E-state index in [1.165, 1.54) is 41.8 Å². The Bertz CT molecular complexity index is 919. The topological polar surface area (TPSA) is 0 Å². The zero-order valence-electron chi connectivity index (χ0n) is 16.3. The van der Waals surface area contributed by atoms with Crippen molar-refractivity contribution in [2.24, 2.45) is 0 Å². The molecule has 0 saturated heterocycles. The van der Waals surface area contributed by atoms with E-state index in [-0.39, 0.29) is 0 Å². The Balaban J connectivity index is 2.07. The molecule has 0 amide bonds. The van der Waals surface area contributed by atoms with Gasteiger partial charge in [-0.1, -0.05) is 108 Å². The lowest BCUT2D eigenvalue weighted by Gasteiger charge is -2.31. The molecule has 0 nitrogen and oxygen atoms in total. The Morgan fingerprint density at radius 1 is 0.741 bits per heavy atom. The number of benzene rings is 3. The third-order valence-electron chi connectivity index (χ3n) is 5.42. The van der Waals surface area contributed by atoms with Crippen molar-refractivity contribution in [1.29, 1.82) is 0 Å². The highest BCUT2D eigenvalue weighted by molar-refractivity contribution is 9.10. The highest BCUT2D eigenvalue weighted by Crippen LogP contribution is 2.32. The Morgan fingerprint density at radius 2 is 1.19 bits per heavy atom. The Labute approximate surface area is 176 Å². The van der Waals surface area contributed by atoms with Gasteiger partial charge in [-0.05, 0) is 47.2 Å². The van der Waals surface area contributed by atoms with Crippen LogP contribution in [0.2, 0.25) is 0 Å². The van der Waals surface area contributed by atoms with E-state index >= 15 is 0 Å². The lowest BCUT2D eigenvalue weighted by atomic mass is 9.34. The van der Waals surface area contributed by atoms with Crippen LogP contribution in [0.15, 0.2) is 74.9 Å². The minimum atomic E-state index is 0.293. The molecular formula is C24H24BBrS. The van der Waals surface area contributed by atoms with E-state index in [0.717, 1.165) is 0 Å². The molecule has 0 aromatic heterocycles. The molecule has 0 aliphatic carbocycles. The van der Waals surface area contributed by atoms with Gasteiger partial charge in [0.1, 0.15) is 0 Å². The van der Waals surface area contributed by atoms with E-state index in [2.05, 4.69) is 104 Å². The summed E-state index contributed by atoms with van der Waals surface area (Å²) >= 11 is 5.67. The third-order valence-corrected chi connectivity index (χ3v) is 7.06. The maximum absolute atomic E-state index is 3.77. The second-order valence-electron chi connectivity index (χ2n) is 7.92. The van der Waals surface area contributed by atoms with E-state index in [1.54, 1.807) is 0 Å². The smallest absolute Gasteiger partial charge is 0.0912 e. The van der Waals surface area contributed by atoms with E-state index in [9.17, 15) is 0 Å². The van der Waals surface area contributed by atoms with Crippen molar-refractivity contribution in [3.63, 3.8) is 0 Å². The van der Waals surface area contributed by atoms with Crippen molar-refractivity contribution < 1.29 is 0 Å². The maximum atomic E-state index is 3.77. The van der Waals surface area contributed by atoms with Crippen molar-refractivity contribution in [3.8, 4) is 0 Å². The van der Waals surface area contributed by atoms with Gasteiger partial charge < -0.3 is 0 Å². The predicted octanol–water partition coefficient (Wildman–Crippen LogP) is 5.68. The molecule has 0 unspecified atom stereocenters. The first kappa shape index (κ1) is 18.9. The van der Waals surface area contributed by atoms with Crippen LogP contribution < -0.4 is 16.4 Å². The van der Waals surface area contributed by atoms with Crippen molar-refractivity contribution in [2.75, 3.05) is 0 Å². The normalized spacial score (nSPS) is 13.1. The van der Waals surface area contributed by atoms with Gasteiger partial charge in [-0.3, -0.25) is 0 Å². The van der Waals surface area contributed by atoms with Crippen LogP contribution in [0, 0.1) is 0 Å². The number of rotatable bonds is 3. The number of halogens is 1. The molecule has 0 saturated carbocycles. The number of hydrogen-bond acceptors (Lipinski definition) is 1. The largest absolute Gasteiger partial charge is 0.244 e. The van der Waals surface area contributed by atoms with Gasteiger partial charge in [0.25, 0.3) is 0 Å². The van der Waals surface area contributed by atoms with Crippen LogP contribution >= 0.6 is 27.7 Å². The Hall–Kier alpha value is -1.45. The highest BCUT2D eigenvalue weighted by Gasteiger charge is 2.34. The monoisotopic (exact) mass is 434 g/mol. The van der Waals surface area contributed by atoms with Crippen LogP contribution in [0.5, 0.6) is 0 Å². The van der Waals surface area contributed by atoms with Gasteiger partial charge >= 0.3 is 0 Å². The first-order valence-electron chi connectivity index (χ1n) is 9.66. The lowest BCUT2D eigenvalue weighted by molar-refractivity contribution is 0.843. The van der Waals surface area contributed by atoms with Gasteiger partial charge in [0.15, 0.2) is 0 Å². The molecule has 0 N–H and O–H groups in total. The van der Waals surface area contributed by atoms with Crippen LogP contribution in [-0.2, 0) is 0 Å². The van der Waals surface area contributed by atoms with E-state index < -0.39 is 0 Å². The summed E-state index contributed by atoms with van der Waals surface area (Å²) in [6, 6.07) is 22.5. The molecule has 3 heteroatoms. The molecule has 1 aliphatic heterocycles. The fourth-order valence-corrected chi connectivity index (χ4v) is 5.80. The molecule has 27 heavy (non-hydrogen) atoms. The summed E-state index contributed by atoms with van der Waals surface area (Å²) in [5.74, 6) is 0.952. The molecule has 0 fully saturated rings. The highest BCUT2D eigenvalue weighted by atomic mass is 79.9. The molecule has 1 aliphatic rings. The molecule has 3 aromatic rings. The molecule has 4 rings (SSSR count). The van der Waals surface area contributed by atoms with E-state index in [4.69, 9.17) is 0 Å². The van der Waals surface area contributed by atoms with Crippen LogP contribution in [0.4, 0.5) is 0 Å². The van der Waals surface area contributed by atoms with Crippen LogP contribution in [0.3, 0.4) is 0 Å². The lowest BCUT2D eigenvalue weighted by Crippen LogP contribution is -2.57. The fourth-order valence-electron chi connectivity index (χ4n) is 4.17. The van der Waals surface area contributed by atoms with Crippen LogP contribution in [-0.4, -0.2) is 6.71 Å². The van der Waals surface area contributed by atoms with Gasteiger partial charge in [0, 0.05) is 14.3 Å². The summed E-state index contributed by atoms with van der Waals surface area (Å²) in [5.41, 5.74) is 7.28. The van der Waals surface area contributed by atoms with Gasteiger partial charge in [0.05, 0.1) is 0 Å². The summed E-state index contributed by atoms with van der Waals surface area (Å²) in [7, 11) is 0. The summed E-state index contributed by atoms with van der Waals surface area (Å²) in [6.45, 7) is 9.53. The Morgan fingerprint density at radius 3 is 1.63 bits per heavy atom. The van der Waals surface area contributed by atoms with Gasteiger partial charge in [-0.25, -0.2) is 0 Å². The van der Waals surface area contributed by atoms with E-state index in [1.807, 2.05) is 11.8 Å². The SMILES string of the molecule is CC(C)c1cc(Br)cc(C(C)C)c1B1c2ccccc2Sc2ccccc21. The maximum Gasteiger partial charge on any atom is 0.244 e. The summed E-state index contributed by atoms with van der Waals surface area (Å²) < 4.78 is 1.19. The summed E-state index contributed by atoms with van der Waals surface area (Å²) in [4.78, 5) is 2.77. The molecule has 3 aromatic carbocycles. The first-order chi connectivity index (χ1) is 13.0. The zero-order valence-corrected chi connectivity index (χ0v) is 18.7. The average Bonchev–Trinajstić information content (AvgIpc) is 2.65. The quantitative estimate of drug-likeness (QED) is 0.374. The molecule has 0 atom stereocenters. The Kier molecular flexibility index (Phi) is 5.27. The molecule has 1 heterocycles. The summed E-state index contributed by atoms with van der Waals surface area (Å²) in [6.07, 6.45) is 0. The molecular weight excluding hydrogens is 411 g/mol. The second kappa shape index (κ2) is 7.52. The van der Waals surface area contributed by atoms with Crippen molar-refractivity contribution in [1.82, 2.24) is 0 Å². The van der Waals surface area contributed by atoms with Crippen LogP contribution in [0.25, 0.3) is 0 Å². The van der Waals surface area contributed by atoms with Gasteiger partial charge in [-0.2, -0.15) is 0 Å². The molecule has 0 spiro atoms. The molecule has 0 bridgehead atoms. The molecule has 0 radical (unpaired) electrons. The average molecular weight is 435 g/mol. The number of hydrogen-bond donors (Lipinski definition) is 0. The van der Waals surface area contributed by atoms with Crippen molar-refractivity contribution in [3.05, 3.63) is 76.3 Å². The van der Waals surface area contributed by atoms with Gasteiger partial charge in [0.2, 0.25) is 6.71 Å². The van der Waals surface area contributed by atoms with E-state index in [0.29, 0.717) is 18.5 Å². The second-order valence-corrected chi connectivity index (χ2v) is 9.92. The minimum absolute atomic E-state index is 0.293. The van der Waals surface area contributed by atoms with Crippen molar-refractivity contribution in [2.45, 2.75) is 49.3 Å². The third kappa shape index (κ3) is 3.41. The van der Waals surface area contributed by atoms with Crippen molar-refractivity contribution >= 4 is 50.8 Å². The minimum Gasteiger partial charge on any atom is -0.0912 e. The standard InChI is InChI=1S/C24H24BBrS/c1-15(2)18-13-17(26)14-19(16(3)4)24(18)25-20-9-5-7-11-22(20)27-23-12-8-6-10-21(23)25/h5-16H,1-4H3. The first-order valence-corrected chi connectivity index (χ1v) is 11.3. The molecule has 136 valence electrons.